The minimum Gasteiger partial charge on any atom is -0.391 e. The van der Waals surface area contributed by atoms with Crippen molar-refractivity contribution in [2.75, 3.05) is 5.73 Å². The van der Waals surface area contributed by atoms with E-state index >= 15 is 0 Å². The Hall–Kier alpha value is -1.88. The lowest BCUT2D eigenvalue weighted by Crippen LogP contribution is -1.77. The lowest BCUT2D eigenvalue weighted by molar-refractivity contribution is 1.29. The minimum absolute atomic E-state index is 0.743. The van der Waals surface area contributed by atoms with Crippen LogP contribution in [0.3, 0.4) is 0 Å². The summed E-state index contributed by atoms with van der Waals surface area (Å²) < 4.78 is 0. The fourth-order valence-corrected chi connectivity index (χ4v) is 2.32. The number of aromatic nitrogens is 3. The van der Waals surface area contributed by atoms with Gasteiger partial charge in [-0.1, -0.05) is 0 Å². The predicted octanol–water partition coefficient (Wildman–Crippen LogP) is 2.58. The number of rotatable bonds is 1. The summed E-state index contributed by atoms with van der Waals surface area (Å²) in [6.07, 6.45) is 1.82. The number of nitrogens with zero attached hydrogens (tertiary/aromatic N) is 2. The number of nitrogens with two attached hydrogens (primary N) is 1. The zero-order valence-electron chi connectivity index (χ0n) is 8.69. The molecule has 0 aliphatic carbocycles. The van der Waals surface area contributed by atoms with E-state index < -0.39 is 0 Å². The molecular weight excluding hydrogens is 220 g/mol. The number of anilines is 1. The van der Waals surface area contributed by atoms with E-state index in [1.807, 2.05) is 31.3 Å². The predicted molar refractivity (Wildman–Crippen MR) is 66.4 cm³/mol. The molecule has 3 rings (SSSR count). The third-order valence-electron chi connectivity index (χ3n) is 2.33. The lowest BCUT2D eigenvalue weighted by atomic mass is 10.3. The van der Waals surface area contributed by atoms with Crippen LogP contribution in [0, 0.1) is 6.92 Å². The monoisotopic (exact) mass is 230 g/mol. The van der Waals surface area contributed by atoms with Gasteiger partial charge in [0.1, 0.15) is 0 Å². The lowest BCUT2D eigenvalue weighted by Gasteiger charge is -1.88. The second kappa shape index (κ2) is 3.31. The quantitative estimate of drug-likeness (QED) is 0.675. The molecule has 80 valence electrons. The van der Waals surface area contributed by atoms with Gasteiger partial charge in [-0.2, -0.15) is 0 Å². The molecule has 0 spiro atoms. The van der Waals surface area contributed by atoms with Crippen LogP contribution in [0.5, 0.6) is 0 Å². The summed E-state index contributed by atoms with van der Waals surface area (Å²) in [7, 11) is 0. The van der Waals surface area contributed by atoms with E-state index in [2.05, 4.69) is 15.0 Å². The van der Waals surface area contributed by atoms with Crippen molar-refractivity contribution in [3.8, 4) is 10.7 Å². The molecule has 0 aromatic carbocycles. The molecule has 0 atom stereocenters. The number of imidazole rings is 1. The molecule has 0 radical (unpaired) electrons. The van der Waals surface area contributed by atoms with Gasteiger partial charge in [-0.05, 0) is 30.7 Å². The van der Waals surface area contributed by atoms with Crippen LogP contribution in [0.25, 0.3) is 21.9 Å². The van der Waals surface area contributed by atoms with Crippen molar-refractivity contribution in [3.05, 3.63) is 30.0 Å². The van der Waals surface area contributed by atoms with E-state index in [1.165, 1.54) is 11.3 Å². The van der Waals surface area contributed by atoms with Gasteiger partial charge in [0.05, 0.1) is 15.4 Å². The highest BCUT2D eigenvalue weighted by atomic mass is 32.1. The van der Waals surface area contributed by atoms with Gasteiger partial charge in [-0.3, -0.25) is 0 Å². The van der Waals surface area contributed by atoms with Gasteiger partial charge in [0.25, 0.3) is 0 Å². The Labute approximate surface area is 96.2 Å². The normalized spacial score (nSPS) is 11.1. The van der Waals surface area contributed by atoms with Gasteiger partial charge >= 0.3 is 0 Å². The average Bonchev–Trinajstić information content (AvgIpc) is 2.83. The Morgan fingerprint density at radius 2 is 2.25 bits per heavy atom. The number of aromatic amines is 1. The first-order chi connectivity index (χ1) is 7.72. The summed E-state index contributed by atoms with van der Waals surface area (Å²) in [4.78, 5) is 13.0. The molecule has 3 aromatic rings. The number of hydrogen-bond acceptors (Lipinski definition) is 4. The summed E-state index contributed by atoms with van der Waals surface area (Å²) in [5.74, 6) is 0.829. The molecule has 0 aliphatic heterocycles. The van der Waals surface area contributed by atoms with E-state index in [-0.39, 0.29) is 0 Å². The van der Waals surface area contributed by atoms with Gasteiger partial charge < -0.3 is 10.7 Å². The second-order valence-corrected chi connectivity index (χ2v) is 4.79. The topological polar surface area (TPSA) is 67.6 Å². The summed E-state index contributed by atoms with van der Waals surface area (Å²) in [5.41, 5.74) is 8.52. The number of nitrogens with one attached hydrogen (secondary N) is 1. The summed E-state index contributed by atoms with van der Waals surface area (Å²) >= 11 is 1.52. The Bertz CT molecular complexity index is 653. The molecule has 0 fully saturated rings. The van der Waals surface area contributed by atoms with E-state index in [9.17, 15) is 0 Å². The molecule has 16 heavy (non-hydrogen) atoms. The highest BCUT2D eigenvalue weighted by Crippen LogP contribution is 2.28. The maximum Gasteiger partial charge on any atom is 0.178 e. The minimum atomic E-state index is 0.743. The first-order valence-electron chi connectivity index (χ1n) is 4.90. The van der Waals surface area contributed by atoms with Crippen molar-refractivity contribution in [1.82, 2.24) is 15.0 Å². The summed E-state index contributed by atoms with van der Waals surface area (Å²) in [5, 5.41) is 0.791. The number of pyridine rings is 1. The zero-order chi connectivity index (χ0) is 11.1. The molecule has 4 nitrogen and oxygen atoms in total. The molecule has 0 bridgehead atoms. The number of aryl methyl sites for hydroxylation is 1. The molecule has 5 heteroatoms. The zero-order valence-corrected chi connectivity index (χ0v) is 9.51. The van der Waals surface area contributed by atoms with E-state index in [4.69, 9.17) is 5.73 Å². The van der Waals surface area contributed by atoms with Gasteiger partial charge in [-0.15, -0.1) is 11.3 Å². The summed E-state index contributed by atoms with van der Waals surface area (Å²) in [6, 6.07) is 5.88. The number of fused-ring (bicyclic) bond motifs is 1. The van der Waals surface area contributed by atoms with Crippen LogP contribution in [0.15, 0.2) is 24.4 Å². The Morgan fingerprint density at radius 1 is 1.38 bits per heavy atom. The highest BCUT2D eigenvalue weighted by Gasteiger charge is 2.07. The Balaban J connectivity index is 2.18. The van der Waals surface area contributed by atoms with Gasteiger partial charge in [0, 0.05) is 6.20 Å². The molecule has 3 N–H and O–H groups in total. The van der Waals surface area contributed by atoms with Crippen LogP contribution >= 0.6 is 11.3 Å². The van der Waals surface area contributed by atoms with Crippen LogP contribution < -0.4 is 5.73 Å². The molecule has 0 aliphatic rings. The van der Waals surface area contributed by atoms with E-state index in [1.54, 1.807) is 0 Å². The molecule has 0 saturated carbocycles. The van der Waals surface area contributed by atoms with Crippen molar-refractivity contribution >= 4 is 27.5 Å². The maximum absolute atomic E-state index is 5.70. The number of nitrogen functional groups attached to an aromatic ring is 1. The van der Waals surface area contributed by atoms with Crippen molar-refractivity contribution in [2.24, 2.45) is 0 Å². The standard InChI is InChI=1S/C11H10N4S/c1-6-4-7-10(13-5-6)15-11(14-7)8-2-3-9(12)16-8/h2-5H,12H2,1H3,(H,13,14,15). The van der Waals surface area contributed by atoms with Gasteiger partial charge in [-0.25, -0.2) is 9.97 Å². The third kappa shape index (κ3) is 1.45. The first kappa shape index (κ1) is 9.35. The number of H-pyrrole nitrogens is 1. The molecular formula is C11H10N4S. The highest BCUT2D eigenvalue weighted by molar-refractivity contribution is 7.19. The van der Waals surface area contributed by atoms with Gasteiger partial charge in [0.2, 0.25) is 0 Å². The van der Waals surface area contributed by atoms with Crippen LogP contribution in [-0.2, 0) is 0 Å². The van der Waals surface area contributed by atoms with E-state index in [0.717, 1.165) is 32.4 Å². The fraction of sp³-hybridized carbons (Fsp3) is 0.0909. The van der Waals surface area contributed by atoms with Crippen molar-refractivity contribution < 1.29 is 0 Å². The molecule has 3 heterocycles. The second-order valence-electron chi connectivity index (χ2n) is 3.67. The number of hydrogen-bond donors (Lipinski definition) is 2. The van der Waals surface area contributed by atoms with E-state index in [0.29, 0.717) is 0 Å². The number of thiophene rings is 1. The molecule has 3 aromatic heterocycles. The molecule has 0 unspecified atom stereocenters. The Morgan fingerprint density at radius 3 is 3.00 bits per heavy atom. The average molecular weight is 230 g/mol. The Kier molecular flexibility index (Phi) is 1.94. The maximum atomic E-state index is 5.70. The van der Waals surface area contributed by atoms with Crippen molar-refractivity contribution in [1.29, 1.82) is 0 Å². The largest absolute Gasteiger partial charge is 0.391 e. The van der Waals surface area contributed by atoms with Crippen LogP contribution in [0.2, 0.25) is 0 Å². The van der Waals surface area contributed by atoms with Crippen LogP contribution in [0.1, 0.15) is 5.56 Å². The molecule has 0 amide bonds. The SMILES string of the molecule is Cc1cnc2nc(-c3ccc(N)s3)[nH]c2c1. The van der Waals surface area contributed by atoms with Crippen LogP contribution in [-0.4, -0.2) is 15.0 Å². The molecule has 0 saturated heterocycles. The van der Waals surface area contributed by atoms with Gasteiger partial charge in [0.15, 0.2) is 11.5 Å². The van der Waals surface area contributed by atoms with Crippen LogP contribution in [0.4, 0.5) is 5.00 Å². The summed E-state index contributed by atoms with van der Waals surface area (Å²) in [6.45, 7) is 2.01. The smallest absolute Gasteiger partial charge is 0.178 e. The van der Waals surface area contributed by atoms with Crippen molar-refractivity contribution in [2.45, 2.75) is 6.92 Å². The van der Waals surface area contributed by atoms with Crippen molar-refractivity contribution in [3.63, 3.8) is 0 Å². The fourth-order valence-electron chi connectivity index (χ4n) is 1.60. The third-order valence-corrected chi connectivity index (χ3v) is 3.26. The first-order valence-corrected chi connectivity index (χ1v) is 5.72.